The zero-order chi connectivity index (χ0) is 14.5. The average molecular weight is 257 g/mol. The van der Waals surface area contributed by atoms with Crippen molar-refractivity contribution in [3.63, 3.8) is 0 Å². The third-order valence-electron chi connectivity index (χ3n) is 1.40. The van der Waals surface area contributed by atoms with Gasteiger partial charge in [0.05, 0.1) is 6.85 Å². The maximum Gasteiger partial charge on any atom is 0.446 e. The van der Waals surface area contributed by atoms with E-state index in [0.717, 1.165) is 0 Å². The van der Waals surface area contributed by atoms with E-state index in [1.54, 1.807) is 0 Å². The van der Waals surface area contributed by atoms with Crippen LogP contribution in [0.25, 0.3) is 10.9 Å². The minimum absolute atomic E-state index is 0. The van der Waals surface area contributed by atoms with Crippen molar-refractivity contribution in [2.45, 2.75) is 0 Å². The molecule has 0 bridgehead atoms. The van der Waals surface area contributed by atoms with Crippen LogP contribution in [0.4, 0.5) is 0 Å². The molecule has 7 heteroatoms. The molecule has 1 aromatic carbocycles. The normalized spacial score (nSPS) is 15.7. The maximum atomic E-state index is 10.7. The van der Waals surface area contributed by atoms with Gasteiger partial charge in [-0.05, 0) is 12.1 Å². The second-order valence-electron chi connectivity index (χ2n) is 2.34. The Labute approximate surface area is 136 Å². The summed E-state index contributed by atoms with van der Waals surface area (Å²) < 4.78 is 71.8. The van der Waals surface area contributed by atoms with Crippen LogP contribution in [0.3, 0.4) is 0 Å². The molecular formula is C8H7KNO4S. The van der Waals surface area contributed by atoms with E-state index in [-0.39, 0.29) is 62.3 Å². The van der Waals surface area contributed by atoms with E-state index in [4.69, 9.17) is 11.4 Å². The molecule has 0 unspecified atom stereocenters. The fraction of sp³-hybridized carbons (Fsp3) is 0. The molecule has 0 spiro atoms. The Morgan fingerprint density at radius 2 is 2.07 bits per heavy atom. The van der Waals surface area contributed by atoms with Gasteiger partial charge in [0.25, 0.3) is 0 Å². The van der Waals surface area contributed by atoms with Crippen LogP contribution in [-0.4, -0.2) is 69.3 Å². The fourth-order valence-electron chi connectivity index (χ4n) is 0.926. The van der Waals surface area contributed by atoms with Crippen LogP contribution in [0.2, 0.25) is 0 Å². The molecule has 0 saturated heterocycles. The average Bonchev–Trinajstić information content (AvgIpc) is 2.60. The Morgan fingerprint density at radius 3 is 2.73 bits per heavy atom. The minimum Gasteiger partial charge on any atom is -0.360 e. The Hall–Kier alpha value is 0.106. The minimum atomic E-state index is -4.91. The Morgan fingerprint density at radius 1 is 1.40 bits per heavy atom. The number of para-hydroxylation sites is 1. The quantitative estimate of drug-likeness (QED) is 0.620. The van der Waals surface area contributed by atoms with E-state index in [1.165, 1.54) is 0 Å². The molecule has 5 nitrogen and oxygen atoms in total. The van der Waals surface area contributed by atoms with Gasteiger partial charge in [-0.3, -0.25) is 4.55 Å². The predicted molar refractivity (Wildman–Crippen MR) is 56.2 cm³/mol. The van der Waals surface area contributed by atoms with Gasteiger partial charge in [0.1, 0.15) is 0 Å². The number of H-pyrrole nitrogens is 1. The molecule has 0 aliphatic heterocycles. The summed E-state index contributed by atoms with van der Waals surface area (Å²) in [5, 5.41) is -0.311. The summed E-state index contributed by atoms with van der Waals surface area (Å²) in [4.78, 5) is 2.28. The Kier molecular flexibility index (Phi) is 2.46. The maximum absolute atomic E-state index is 10.7. The number of fused-ring (bicyclic) bond motifs is 1. The number of aromatic amines is 1. The molecule has 1 heterocycles. The SMILES string of the molecule is [2H]c1[nH]c2c([2H])c([2H])c([2H])c([2H])c2c1OS(=O)(=O)O.[K]. The van der Waals surface area contributed by atoms with Gasteiger partial charge in [-0.15, -0.1) is 0 Å². The molecule has 0 aliphatic carbocycles. The Balaban J connectivity index is 0.00000200. The van der Waals surface area contributed by atoms with Gasteiger partial charge in [-0.2, -0.15) is 8.42 Å². The summed E-state index contributed by atoms with van der Waals surface area (Å²) in [5.74, 6) is -0.676. The largest absolute Gasteiger partial charge is 0.446 e. The third-order valence-corrected chi connectivity index (χ3v) is 1.78. The van der Waals surface area contributed by atoms with Crippen molar-refractivity contribution in [3.8, 4) is 5.75 Å². The van der Waals surface area contributed by atoms with Crippen LogP contribution in [0.15, 0.2) is 30.3 Å². The van der Waals surface area contributed by atoms with E-state index in [0.29, 0.717) is 0 Å². The van der Waals surface area contributed by atoms with Gasteiger partial charge >= 0.3 is 10.4 Å². The molecule has 75 valence electrons. The Bertz CT molecular complexity index is 790. The van der Waals surface area contributed by atoms with E-state index >= 15 is 0 Å². The summed E-state index contributed by atoms with van der Waals surface area (Å²) in [7, 11) is -4.91. The van der Waals surface area contributed by atoms with Crippen molar-refractivity contribution in [2.75, 3.05) is 0 Å². The molecule has 1 aromatic heterocycles. The number of nitrogens with one attached hydrogen (secondary N) is 1. The zero-order valence-electron chi connectivity index (χ0n) is 12.6. The molecular weight excluding hydrogens is 245 g/mol. The second kappa shape index (κ2) is 4.96. The van der Waals surface area contributed by atoms with E-state index in [1.807, 2.05) is 0 Å². The van der Waals surface area contributed by atoms with E-state index in [2.05, 4.69) is 9.17 Å². The van der Waals surface area contributed by atoms with Crippen molar-refractivity contribution in [1.29, 1.82) is 0 Å². The molecule has 15 heavy (non-hydrogen) atoms. The first kappa shape index (κ1) is 7.44. The first-order chi connectivity index (χ1) is 8.63. The van der Waals surface area contributed by atoms with Crippen molar-refractivity contribution in [2.24, 2.45) is 0 Å². The first-order valence-electron chi connectivity index (χ1n) is 5.89. The number of benzene rings is 1. The molecule has 0 fully saturated rings. The third kappa shape index (κ3) is 3.28. The fourth-order valence-corrected chi connectivity index (χ4v) is 1.26. The summed E-state index contributed by atoms with van der Waals surface area (Å²) in [6.07, 6.45) is -0.584. The molecule has 0 amide bonds. The molecule has 0 aliphatic rings. The monoisotopic (exact) mass is 257 g/mol. The summed E-state index contributed by atoms with van der Waals surface area (Å²) in [6, 6.07) is -2.16. The molecule has 0 atom stereocenters. The molecule has 2 aromatic rings. The van der Waals surface area contributed by atoms with Crippen molar-refractivity contribution < 1.29 is 24.0 Å². The molecule has 0 saturated carbocycles. The van der Waals surface area contributed by atoms with Gasteiger partial charge < -0.3 is 9.17 Å². The summed E-state index contributed by atoms with van der Waals surface area (Å²) in [5.41, 5.74) is -0.172. The number of hydrogen-bond donors (Lipinski definition) is 2. The molecule has 2 rings (SSSR count). The van der Waals surface area contributed by atoms with Crippen LogP contribution >= 0.6 is 0 Å². The van der Waals surface area contributed by atoms with Crippen molar-refractivity contribution >= 4 is 72.7 Å². The predicted octanol–water partition coefficient (Wildman–Crippen LogP) is 0.969. The van der Waals surface area contributed by atoms with Crippen molar-refractivity contribution in [1.82, 2.24) is 4.98 Å². The van der Waals surface area contributed by atoms with Gasteiger partial charge in [0.2, 0.25) is 0 Å². The summed E-state index contributed by atoms with van der Waals surface area (Å²) >= 11 is 0. The number of rotatable bonds is 2. The second-order valence-corrected chi connectivity index (χ2v) is 3.36. The first-order valence-corrected chi connectivity index (χ1v) is 4.75. The van der Waals surface area contributed by atoms with E-state index < -0.39 is 46.5 Å². The van der Waals surface area contributed by atoms with Gasteiger partial charge in [0, 0.05) is 68.5 Å². The number of hydrogen-bond acceptors (Lipinski definition) is 3. The zero-order valence-corrected chi connectivity index (χ0v) is 11.5. The summed E-state index contributed by atoms with van der Waals surface area (Å²) in [6.45, 7) is 0. The molecule has 1 radical (unpaired) electrons. The van der Waals surface area contributed by atoms with E-state index in [9.17, 15) is 8.42 Å². The van der Waals surface area contributed by atoms with Crippen LogP contribution in [0.5, 0.6) is 5.75 Å². The van der Waals surface area contributed by atoms with Crippen LogP contribution in [-0.2, 0) is 10.4 Å². The van der Waals surface area contributed by atoms with Gasteiger partial charge in [-0.25, -0.2) is 0 Å². The van der Waals surface area contributed by atoms with Crippen LogP contribution < -0.4 is 4.18 Å². The number of aromatic nitrogens is 1. The van der Waals surface area contributed by atoms with Gasteiger partial charge in [0.15, 0.2) is 5.75 Å². The van der Waals surface area contributed by atoms with Crippen LogP contribution in [0, 0.1) is 0 Å². The van der Waals surface area contributed by atoms with Crippen molar-refractivity contribution in [3.05, 3.63) is 30.3 Å². The standard InChI is InChI=1S/C8H7NO4S.K/c10-14(11,12)13-8-5-9-7-4-2-1-3-6(7)8;/h1-5,9H,(H,10,11,12);/i1D,2D,3D,4D,5D;. The smallest absolute Gasteiger partial charge is 0.360 e. The van der Waals surface area contributed by atoms with Crippen LogP contribution in [0.1, 0.15) is 6.85 Å². The topological polar surface area (TPSA) is 79.4 Å². The molecule has 2 N–H and O–H groups in total. The van der Waals surface area contributed by atoms with Gasteiger partial charge in [-0.1, -0.05) is 12.1 Å².